The Balaban J connectivity index is 1.94. The predicted molar refractivity (Wildman–Crippen MR) is 75.8 cm³/mol. The van der Waals surface area contributed by atoms with E-state index in [1.807, 2.05) is 0 Å². The van der Waals surface area contributed by atoms with Crippen LogP contribution in [0.3, 0.4) is 0 Å². The maximum Gasteiger partial charge on any atom is 0.509 e. The molecule has 8 nitrogen and oxygen atoms in total. The lowest BCUT2D eigenvalue weighted by molar-refractivity contribution is -0.167. The fourth-order valence-electron chi connectivity index (χ4n) is 2.46. The highest BCUT2D eigenvalue weighted by molar-refractivity contribution is 7.53. The number of fused-ring (bicyclic) bond motifs is 1. The quantitative estimate of drug-likeness (QED) is 0.359. The molecule has 0 aromatic heterocycles. The normalized spacial score (nSPS) is 31.0. The van der Waals surface area contributed by atoms with Gasteiger partial charge in [-0.3, -0.25) is 4.57 Å². The van der Waals surface area contributed by atoms with E-state index in [1.54, 1.807) is 0 Å². The van der Waals surface area contributed by atoms with Gasteiger partial charge in [0, 0.05) is 20.8 Å². The number of hydrogen-bond donors (Lipinski definition) is 0. The van der Waals surface area contributed by atoms with Gasteiger partial charge in [0.25, 0.3) is 0 Å². The van der Waals surface area contributed by atoms with E-state index in [1.165, 1.54) is 14.2 Å². The molecule has 0 unspecified atom stereocenters. The molecule has 2 saturated heterocycles. The Morgan fingerprint density at radius 3 is 2.50 bits per heavy atom. The molecule has 0 saturated carbocycles. The molecule has 0 spiro atoms. The van der Waals surface area contributed by atoms with E-state index >= 15 is 0 Å². The number of carbonyl (C=O) groups excluding carboxylic acids is 1. The summed E-state index contributed by atoms with van der Waals surface area (Å²) in [7, 11) is -0.470. The third-order valence-electron chi connectivity index (χ3n) is 3.76. The number of carbonyl (C=O) groups is 1. The fourth-order valence-corrected chi connectivity index (χ4v) is 3.55. The van der Waals surface area contributed by atoms with Crippen LogP contribution in [0.5, 0.6) is 0 Å². The van der Waals surface area contributed by atoms with Crippen molar-refractivity contribution in [2.24, 2.45) is 0 Å². The van der Waals surface area contributed by atoms with Gasteiger partial charge in [-0.2, -0.15) is 0 Å². The summed E-state index contributed by atoms with van der Waals surface area (Å²) >= 11 is 0. The number of unbranched alkanes of at least 4 members (excludes halogenated alkanes) is 1. The van der Waals surface area contributed by atoms with Crippen LogP contribution in [0.1, 0.15) is 26.2 Å². The second kappa shape index (κ2) is 7.75. The summed E-state index contributed by atoms with van der Waals surface area (Å²) < 4.78 is 43.5. The van der Waals surface area contributed by atoms with Crippen molar-refractivity contribution in [3.05, 3.63) is 0 Å². The predicted octanol–water partition coefficient (Wildman–Crippen LogP) is 2.31. The van der Waals surface area contributed by atoms with Gasteiger partial charge in [0.1, 0.15) is 6.10 Å². The summed E-state index contributed by atoms with van der Waals surface area (Å²) in [6.45, 7) is 2.57. The van der Waals surface area contributed by atoms with Crippen molar-refractivity contribution >= 4 is 13.8 Å². The maximum absolute atomic E-state index is 12.1. The summed E-state index contributed by atoms with van der Waals surface area (Å²) in [5.41, 5.74) is 0. The lowest BCUT2D eigenvalue weighted by Gasteiger charge is -2.19. The monoisotopic (exact) mass is 338 g/mol. The van der Waals surface area contributed by atoms with Gasteiger partial charge >= 0.3 is 13.8 Å². The third kappa shape index (κ3) is 4.00. The largest absolute Gasteiger partial charge is 0.509 e. The zero-order valence-electron chi connectivity index (χ0n) is 13.1. The van der Waals surface area contributed by atoms with Gasteiger partial charge in [0.05, 0.1) is 6.16 Å². The smallest absolute Gasteiger partial charge is 0.424 e. The van der Waals surface area contributed by atoms with E-state index in [0.717, 1.165) is 12.8 Å². The molecule has 2 aliphatic heterocycles. The average molecular weight is 338 g/mol. The molecule has 128 valence electrons. The summed E-state index contributed by atoms with van der Waals surface area (Å²) in [6, 6.07) is 0. The molecule has 0 amide bonds. The molecule has 4 atom stereocenters. The van der Waals surface area contributed by atoms with E-state index in [9.17, 15) is 9.36 Å². The highest BCUT2D eigenvalue weighted by Crippen LogP contribution is 2.48. The molecule has 2 fully saturated rings. The minimum atomic E-state index is -3.13. The van der Waals surface area contributed by atoms with Crippen LogP contribution < -0.4 is 0 Å². The summed E-state index contributed by atoms with van der Waals surface area (Å²) in [5, 5.41) is 0. The van der Waals surface area contributed by atoms with E-state index < -0.39 is 38.4 Å². The van der Waals surface area contributed by atoms with Crippen molar-refractivity contribution in [2.75, 3.05) is 27.0 Å². The molecule has 9 heteroatoms. The van der Waals surface area contributed by atoms with E-state index in [-0.39, 0.29) is 6.16 Å². The SMILES string of the molecule is CCCCO[C@@H]1O[C@H](CCP(=O)(OC)OC)[C@H]2OC(=O)O[C@@H]12. The van der Waals surface area contributed by atoms with Crippen LogP contribution in [0, 0.1) is 0 Å². The topological polar surface area (TPSA) is 89.5 Å². The molecule has 2 aliphatic rings. The Morgan fingerprint density at radius 1 is 1.18 bits per heavy atom. The summed E-state index contributed by atoms with van der Waals surface area (Å²) in [6.07, 6.45) is -0.587. The molecule has 2 heterocycles. The Morgan fingerprint density at radius 2 is 1.86 bits per heavy atom. The van der Waals surface area contributed by atoms with Crippen LogP contribution in [0.2, 0.25) is 0 Å². The fraction of sp³-hybridized carbons (Fsp3) is 0.923. The minimum absolute atomic E-state index is 0.160. The van der Waals surface area contributed by atoms with Crippen molar-refractivity contribution in [3.8, 4) is 0 Å². The summed E-state index contributed by atoms with van der Waals surface area (Å²) in [4.78, 5) is 11.3. The molecule has 2 rings (SSSR count). The van der Waals surface area contributed by atoms with Gasteiger partial charge in [-0.05, 0) is 12.8 Å². The van der Waals surface area contributed by atoms with E-state index in [0.29, 0.717) is 13.0 Å². The first-order valence-corrected chi connectivity index (χ1v) is 9.10. The Hall–Kier alpha value is -0.660. The van der Waals surface area contributed by atoms with Crippen LogP contribution in [0.4, 0.5) is 4.79 Å². The van der Waals surface area contributed by atoms with Crippen LogP contribution in [0.25, 0.3) is 0 Å². The van der Waals surface area contributed by atoms with E-state index in [4.69, 9.17) is 28.0 Å². The van der Waals surface area contributed by atoms with Gasteiger partial charge < -0.3 is 28.0 Å². The third-order valence-corrected chi connectivity index (χ3v) is 5.67. The van der Waals surface area contributed by atoms with Gasteiger partial charge in [-0.1, -0.05) is 13.3 Å². The van der Waals surface area contributed by atoms with E-state index in [2.05, 4.69) is 6.92 Å². The van der Waals surface area contributed by atoms with Crippen molar-refractivity contribution in [1.29, 1.82) is 0 Å². The average Bonchev–Trinajstić information content (AvgIpc) is 3.04. The van der Waals surface area contributed by atoms with Crippen molar-refractivity contribution in [2.45, 2.75) is 50.8 Å². The van der Waals surface area contributed by atoms with Gasteiger partial charge in [0.2, 0.25) is 0 Å². The molecule has 0 N–H and O–H groups in total. The molecule has 22 heavy (non-hydrogen) atoms. The Kier molecular flexibility index (Phi) is 6.23. The van der Waals surface area contributed by atoms with Crippen LogP contribution in [-0.4, -0.2) is 57.7 Å². The highest BCUT2D eigenvalue weighted by Gasteiger charge is 2.54. The van der Waals surface area contributed by atoms with Crippen LogP contribution >= 0.6 is 7.60 Å². The summed E-state index contributed by atoms with van der Waals surface area (Å²) in [5.74, 6) is 0. The Labute approximate surface area is 129 Å². The highest BCUT2D eigenvalue weighted by atomic mass is 31.2. The first kappa shape index (κ1) is 17.7. The molecule has 0 radical (unpaired) electrons. The number of ether oxygens (including phenoxy) is 4. The van der Waals surface area contributed by atoms with Gasteiger partial charge in [0.15, 0.2) is 18.5 Å². The lowest BCUT2D eigenvalue weighted by Crippen LogP contribution is -2.31. The molecular formula is C13H23O8P. The molecular weight excluding hydrogens is 315 g/mol. The number of hydrogen-bond acceptors (Lipinski definition) is 8. The minimum Gasteiger partial charge on any atom is -0.424 e. The second-order valence-electron chi connectivity index (χ2n) is 5.17. The van der Waals surface area contributed by atoms with Gasteiger partial charge in [-0.25, -0.2) is 4.79 Å². The zero-order valence-corrected chi connectivity index (χ0v) is 14.0. The first-order valence-electron chi connectivity index (χ1n) is 7.38. The van der Waals surface area contributed by atoms with Crippen molar-refractivity contribution in [1.82, 2.24) is 0 Å². The second-order valence-corrected chi connectivity index (χ2v) is 7.57. The standard InChI is InChI=1S/C13H23O8P/c1-4-5-7-18-12-11-10(20-13(14)21-11)9(19-12)6-8-22(15,16-2)17-3/h9-12H,4-8H2,1-3H3/t9-,10-,11-,12-/m1/s1. The number of rotatable bonds is 9. The molecule has 0 aromatic rings. The molecule has 0 aliphatic carbocycles. The van der Waals surface area contributed by atoms with Crippen molar-refractivity contribution < 1.29 is 37.4 Å². The molecule has 0 bridgehead atoms. The maximum atomic E-state index is 12.1. The van der Waals surface area contributed by atoms with Gasteiger partial charge in [-0.15, -0.1) is 0 Å². The zero-order chi connectivity index (χ0) is 16.2. The lowest BCUT2D eigenvalue weighted by atomic mass is 10.1. The Bertz CT molecular complexity index is 420. The first-order chi connectivity index (χ1) is 10.5. The van der Waals surface area contributed by atoms with Crippen LogP contribution in [-0.2, 0) is 32.6 Å². The molecule has 0 aromatic carbocycles. The van der Waals surface area contributed by atoms with Crippen LogP contribution in [0.15, 0.2) is 0 Å². The van der Waals surface area contributed by atoms with Crippen molar-refractivity contribution in [3.63, 3.8) is 0 Å².